The SMILES string of the molecule is CO/N=C\[C@H]1[C@@H](O)[C@H](n2cc(C)c(N)nc2=O)O[C@@H]1CO. The molecule has 0 spiro atoms. The lowest BCUT2D eigenvalue weighted by Crippen LogP contribution is -2.34. The van der Waals surface area contributed by atoms with Gasteiger partial charge < -0.3 is 25.5 Å². The predicted octanol–water partition coefficient (Wildman–Crippen LogP) is -1.37. The van der Waals surface area contributed by atoms with Crippen molar-refractivity contribution in [1.29, 1.82) is 0 Å². The molecule has 1 aliphatic rings. The number of aryl methyl sites for hydroxylation is 1. The molecule has 0 unspecified atom stereocenters. The van der Waals surface area contributed by atoms with E-state index in [0.29, 0.717) is 5.56 Å². The highest BCUT2D eigenvalue weighted by Crippen LogP contribution is 2.32. The molecule has 21 heavy (non-hydrogen) atoms. The van der Waals surface area contributed by atoms with E-state index in [4.69, 9.17) is 10.5 Å². The molecule has 0 amide bonds. The molecule has 1 aromatic rings. The number of nitrogens with two attached hydrogens (primary N) is 1. The lowest BCUT2D eigenvalue weighted by molar-refractivity contribution is -0.0532. The van der Waals surface area contributed by atoms with Gasteiger partial charge in [0.25, 0.3) is 0 Å². The largest absolute Gasteiger partial charge is 0.399 e. The molecule has 4 N–H and O–H groups in total. The van der Waals surface area contributed by atoms with Crippen molar-refractivity contribution in [2.45, 2.75) is 25.4 Å². The number of ether oxygens (including phenoxy) is 1. The van der Waals surface area contributed by atoms with Gasteiger partial charge >= 0.3 is 5.69 Å². The third-order valence-electron chi connectivity index (χ3n) is 3.40. The van der Waals surface area contributed by atoms with E-state index in [-0.39, 0.29) is 12.4 Å². The van der Waals surface area contributed by atoms with Crippen LogP contribution in [-0.2, 0) is 9.57 Å². The van der Waals surface area contributed by atoms with Crippen LogP contribution in [-0.4, -0.2) is 51.9 Å². The van der Waals surface area contributed by atoms with Gasteiger partial charge in [0.05, 0.1) is 24.8 Å². The Kier molecular flexibility index (Phi) is 4.56. The van der Waals surface area contributed by atoms with Gasteiger partial charge in [-0.3, -0.25) is 4.57 Å². The lowest BCUT2D eigenvalue weighted by atomic mass is 10.00. The van der Waals surface area contributed by atoms with Crippen LogP contribution in [0.4, 0.5) is 5.82 Å². The summed E-state index contributed by atoms with van der Waals surface area (Å²) in [4.78, 5) is 20.1. The Balaban J connectivity index is 2.35. The summed E-state index contributed by atoms with van der Waals surface area (Å²) in [7, 11) is 1.36. The molecule has 1 fully saturated rings. The first-order chi connectivity index (χ1) is 9.99. The molecule has 116 valence electrons. The van der Waals surface area contributed by atoms with Crippen LogP contribution >= 0.6 is 0 Å². The van der Waals surface area contributed by atoms with Crippen LogP contribution in [0.25, 0.3) is 0 Å². The minimum atomic E-state index is -1.08. The number of hydrogen-bond acceptors (Lipinski definition) is 8. The maximum absolute atomic E-state index is 11.9. The van der Waals surface area contributed by atoms with E-state index < -0.39 is 30.0 Å². The minimum absolute atomic E-state index is 0.125. The zero-order chi connectivity index (χ0) is 15.6. The summed E-state index contributed by atoms with van der Waals surface area (Å²) >= 11 is 0. The van der Waals surface area contributed by atoms with Gasteiger partial charge in [-0.2, -0.15) is 4.98 Å². The molecule has 4 atom stereocenters. The summed E-state index contributed by atoms with van der Waals surface area (Å²) in [6.45, 7) is 1.36. The highest BCUT2D eigenvalue weighted by molar-refractivity contribution is 5.62. The number of aromatic nitrogens is 2. The van der Waals surface area contributed by atoms with Crippen LogP contribution in [0.2, 0.25) is 0 Å². The van der Waals surface area contributed by atoms with Crippen LogP contribution in [0.5, 0.6) is 0 Å². The maximum Gasteiger partial charge on any atom is 0.351 e. The molecule has 0 radical (unpaired) electrons. The monoisotopic (exact) mass is 298 g/mol. The second-order valence-corrected chi connectivity index (χ2v) is 4.75. The maximum atomic E-state index is 11.9. The fourth-order valence-corrected chi connectivity index (χ4v) is 2.23. The Hall–Kier alpha value is -1.97. The van der Waals surface area contributed by atoms with Gasteiger partial charge in [0.1, 0.15) is 19.0 Å². The summed E-state index contributed by atoms with van der Waals surface area (Å²) in [6.07, 6.45) is 0.0452. The normalized spacial score (nSPS) is 29.1. The van der Waals surface area contributed by atoms with Crippen molar-refractivity contribution in [3.63, 3.8) is 0 Å². The number of anilines is 1. The standard InChI is InChI=1S/C12H18N4O5/c1-6-4-16(12(19)15-10(6)13)11-9(18)7(3-14-20-2)8(5-17)21-11/h3-4,7-9,11,17-18H,5H2,1-2H3,(H2,13,15,19)/b14-3-/t7-,8-,9-,11-/m1/s1. The van der Waals surface area contributed by atoms with E-state index in [1.54, 1.807) is 6.92 Å². The molecule has 9 heteroatoms. The molecule has 0 aliphatic carbocycles. The van der Waals surface area contributed by atoms with Crippen molar-refractivity contribution in [3.8, 4) is 0 Å². The number of rotatable bonds is 4. The van der Waals surface area contributed by atoms with Crippen molar-refractivity contribution in [2.24, 2.45) is 11.1 Å². The topological polar surface area (TPSA) is 132 Å². The number of nitrogen functional groups attached to an aromatic ring is 1. The Bertz CT molecular complexity index is 588. The third kappa shape index (κ3) is 2.89. The average molecular weight is 298 g/mol. The molecule has 2 heterocycles. The molecular formula is C12H18N4O5. The third-order valence-corrected chi connectivity index (χ3v) is 3.40. The van der Waals surface area contributed by atoms with Gasteiger partial charge in [0, 0.05) is 11.8 Å². The smallest absolute Gasteiger partial charge is 0.351 e. The van der Waals surface area contributed by atoms with E-state index in [9.17, 15) is 15.0 Å². The lowest BCUT2D eigenvalue weighted by Gasteiger charge is -2.18. The zero-order valence-electron chi connectivity index (χ0n) is 11.7. The Morgan fingerprint density at radius 2 is 2.38 bits per heavy atom. The van der Waals surface area contributed by atoms with Crippen molar-refractivity contribution in [3.05, 3.63) is 22.2 Å². The van der Waals surface area contributed by atoms with Gasteiger partial charge in [0.15, 0.2) is 6.23 Å². The van der Waals surface area contributed by atoms with E-state index in [0.717, 1.165) is 4.57 Å². The zero-order valence-corrected chi connectivity index (χ0v) is 11.7. The van der Waals surface area contributed by atoms with E-state index >= 15 is 0 Å². The molecule has 1 aliphatic heterocycles. The van der Waals surface area contributed by atoms with Crippen LogP contribution in [0.15, 0.2) is 16.1 Å². The summed E-state index contributed by atoms with van der Waals surface area (Å²) in [5.41, 5.74) is 5.51. The van der Waals surface area contributed by atoms with Crippen LogP contribution in [0.1, 0.15) is 11.8 Å². The summed E-state index contributed by atoms with van der Waals surface area (Å²) in [6, 6.07) is 0. The van der Waals surface area contributed by atoms with Gasteiger partial charge in [-0.15, -0.1) is 0 Å². The first kappa shape index (κ1) is 15.4. The predicted molar refractivity (Wildman–Crippen MR) is 73.6 cm³/mol. The average Bonchev–Trinajstić information content (AvgIpc) is 2.77. The first-order valence-corrected chi connectivity index (χ1v) is 6.36. The number of oxime groups is 1. The van der Waals surface area contributed by atoms with Gasteiger partial charge in [-0.1, -0.05) is 5.16 Å². The molecular weight excluding hydrogens is 280 g/mol. The number of aliphatic hydroxyl groups is 2. The molecule has 0 aromatic carbocycles. The second-order valence-electron chi connectivity index (χ2n) is 4.75. The Labute approximate surface area is 120 Å². The molecule has 1 saturated heterocycles. The van der Waals surface area contributed by atoms with E-state index in [1.807, 2.05) is 0 Å². The Morgan fingerprint density at radius 3 is 3.00 bits per heavy atom. The molecule has 9 nitrogen and oxygen atoms in total. The molecule has 0 saturated carbocycles. The van der Waals surface area contributed by atoms with Gasteiger partial charge in [0.2, 0.25) is 0 Å². The van der Waals surface area contributed by atoms with E-state index in [1.165, 1.54) is 19.5 Å². The minimum Gasteiger partial charge on any atom is -0.399 e. The number of nitrogens with zero attached hydrogens (tertiary/aromatic N) is 3. The van der Waals surface area contributed by atoms with Gasteiger partial charge in [-0.05, 0) is 6.92 Å². The van der Waals surface area contributed by atoms with Crippen LogP contribution in [0.3, 0.4) is 0 Å². The number of aliphatic hydroxyl groups excluding tert-OH is 2. The van der Waals surface area contributed by atoms with E-state index in [2.05, 4.69) is 15.0 Å². The first-order valence-electron chi connectivity index (χ1n) is 6.36. The fourth-order valence-electron chi connectivity index (χ4n) is 2.23. The fraction of sp³-hybridized carbons (Fsp3) is 0.583. The molecule has 0 bridgehead atoms. The van der Waals surface area contributed by atoms with Gasteiger partial charge in [-0.25, -0.2) is 4.79 Å². The quantitative estimate of drug-likeness (QED) is 0.461. The summed E-state index contributed by atoms with van der Waals surface area (Å²) < 4.78 is 6.68. The molecule has 1 aromatic heterocycles. The summed E-state index contributed by atoms with van der Waals surface area (Å²) in [5, 5.41) is 23.2. The van der Waals surface area contributed by atoms with Crippen molar-refractivity contribution in [1.82, 2.24) is 9.55 Å². The van der Waals surface area contributed by atoms with Crippen molar-refractivity contribution in [2.75, 3.05) is 19.5 Å². The second kappa shape index (κ2) is 6.20. The van der Waals surface area contributed by atoms with Crippen LogP contribution < -0.4 is 11.4 Å². The van der Waals surface area contributed by atoms with Crippen molar-refractivity contribution >= 4 is 12.0 Å². The van der Waals surface area contributed by atoms with Crippen molar-refractivity contribution < 1.29 is 19.8 Å². The Morgan fingerprint density at radius 1 is 1.67 bits per heavy atom. The summed E-state index contributed by atoms with van der Waals surface area (Å²) in [5.74, 6) is -0.482. The number of hydrogen-bond donors (Lipinski definition) is 3. The highest BCUT2D eigenvalue weighted by atomic mass is 16.6. The highest BCUT2D eigenvalue weighted by Gasteiger charge is 2.44. The molecule has 2 rings (SSSR count). The van der Waals surface area contributed by atoms with Crippen LogP contribution in [0, 0.1) is 12.8 Å².